The van der Waals surface area contributed by atoms with E-state index in [4.69, 9.17) is 20.9 Å². The van der Waals surface area contributed by atoms with E-state index in [1.807, 2.05) is 0 Å². The number of carboxylic acids is 1. The molecule has 6 N–H and O–H groups in total. The van der Waals surface area contributed by atoms with Crippen LogP contribution >= 0.6 is 11.8 Å². The average Bonchev–Trinajstić information content (AvgIpc) is 3.32. The van der Waals surface area contributed by atoms with Crippen LogP contribution in [0.2, 0.25) is 0 Å². The Balaban J connectivity index is 1.49. The van der Waals surface area contributed by atoms with Crippen LogP contribution in [-0.2, 0) is 48.1 Å². The fourth-order valence-electron chi connectivity index (χ4n) is 6.98. The van der Waals surface area contributed by atoms with E-state index in [1.165, 1.54) is 13.8 Å². The summed E-state index contributed by atoms with van der Waals surface area (Å²) in [6.07, 6.45) is -0.412. The summed E-state index contributed by atoms with van der Waals surface area (Å²) in [7, 11) is -4.17. The Morgan fingerprint density at radius 1 is 1.13 bits per heavy atom. The number of esters is 2. The fraction of sp³-hybridized carbons (Fsp3) is 0.571. The van der Waals surface area contributed by atoms with Crippen molar-refractivity contribution >= 4 is 57.2 Å². The van der Waals surface area contributed by atoms with Crippen molar-refractivity contribution < 1.29 is 56.2 Å². The third-order valence-electron chi connectivity index (χ3n) is 9.47. The molecule has 4 fully saturated rings. The smallest absolute Gasteiger partial charge is 0.367 e. The van der Waals surface area contributed by atoms with Gasteiger partial charge in [-0.1, -0.05) is 30.3 Å². The van der Waals surface area contributed by atoms with Gasteiger partial charge in [0.1, 0.15) is 35.2 Å². The highest BCUT2D eigenvalue weighted by molar-refractivity contribution is 8.01. The van der Waals surface area contributed by atoms with Gasteiger partial charge in [-0.25, -0.2) is 22.8 Å². The number of nitrogens with one attached hydrogen (secondary N) is 1. The molecule has 0 spiro atoms. The summed E-state index contributed by atoms with van der Waals surface area (Å²) >= 11 is 1.08. The Labute approximate surface area is 268 Å². The third kappa shape index (κ3) is 4.56. The molecule has 4 aliphatic heterocycles. The van der Waals surface area contributed by atoms with Gasteiger partial charge >= 0.3 is 23.8 Å². The van der Waals surface area contributed by atoms with Gasteiger partial charge in [0.25, 0.3) is 5.91 Å². The third-order valence-corrected chi connectivity index (χ3v) is 14.1. The first-order chi connectivity index (χ1) is 21.3. The van der Waals surface area contributed by atoms with Crippen molar-refractivity contribution in [2.75, 3.05) is 19.9 Å². The van der Waals surface area contributed by atoms with Crippen molar-refractivity contribution in [1.29, 1.82) is 0 Å². The highest BCUT2D eigenvalue weighted by Gasteiger charge is 2.81. The lowest BCUT2D eigenvalue weighted by Crippen LogP contribution is -2.82. The molecule has 5 rings (SSSR count). The van der Waals surface area contributed by atoms with E-state index in [0.29, 0.717) is 5.56 Å². The van der Waals surface area contributed by atoms with Crippen LogP contribution in [0.3, 0.4) is 0 Å². The summed E-state index contributed by atoms with van der Waals surface area (Å²) in [5.74, 6) is -5.73. The number of carboxylic acid groups (broad SMARTS) is 1. The number of fused-ring (bicyclic) bond motifs is 2. The molecule has 0 aliphatic carbocycles. The zero-order valence-electron chi connectivity index (χ0n) is 25.5. The zero-order valence-corrected chi connectivity index (χ0v) is 27.1. The van der Waals surface area contributed by atoms with Gasteiger partial charge in [0.05, 0.1) is 6.54 Å². The fourth-order valence-corrected chi connectivity index (χ4v) is 11.1. The number of carbonyl (C=O) groups excluding carboxylic acids is 5. The van der Waals surface area contributed by atoms with Crippen LogP contribution in [0.15, 0.2) is 30.3 Å². The first-order valence-corrected chi connectivity index (χ1v) is 16.8. The lowest BCUT2D eigenvalue weighted by Gasteiger charge is -2.53. The van der Waals surface area contributed by atoms with Gasteiger partial charge in [0.2, 0.25) is 33.9 Å². The number of sulfone groups is 1. The number of carbonyl (C=O) groups is 6. The van der Waals surface area contributed by atoms with Crippen LogP contribution in [0.25, 0.3) is 0 Å². The zero-order chi connectivity index (χ0) is 34.2. The van der Waals surface area contributed by atoms with Crippen molar-refractivity contribution in [3.05, 3.63) is 35.9 Å². The van der Waals surface area contributed by atoms with Crippen molar-refractivity contribution in [3.8, 4) is 0 Å². The number of amides is 3. The summed E-state index contributed by atoms with van der Waals surface area (Å²) in [6, 6.07) is 4.00. The van der Waals surface area contributed by atoms with Crippen LogP contribution in [0.5, 0.6) is 0 Å². The quantitative estimate of drug-likeness (QED) is 0.123. The highest BCUT2D eigenvalue weighted by atomic mass is 32.2. The summed E-state index contributed by atoms with van der Waals surface area (Å²) in [6.45, 7) is 3.58. The van der Waals surface area contributed by atoms with E-state index < -0.39 is 120 Å². The number of nitrogens with two attached hydrogens (primary N) is 2. The summed E-state index contributed by atoms with van der Waals surface area (Å²) in [4.78, 5) is 79.6. The molecular weight excluding hydrogens is 646 g/mol. The molecule has 2 unspecified atom stereocenters. The number of hydrogen-bond donors (Lipinski definition) is 4. The number of nitrogens with zero attached hydrogens (tertiary/aromatic N) is 2. The van der Waals surface area contributed by atoms with Crippen LogP contribution in [0, 0.1) is 0 Å². The number of quaternary nitrogens is 1. The Morgan fingerprint density at radius 2 is 1.76 bits per heavy atom. The van der Waals surface area contributed by atoms with Crippen molar-refractivity contribution in [2.24, 2.45) is 11.5 Å². The second-order valence-electron chi connectivity index (χ2n) is 12.9. The molecule has 4 saturated heterocycles. The normalized spacial score (nSPS) is 33.5. The Morgan fingerprint density at radius 3 is 2.33 bits per heavy atom. The number of aliphatic carboxylic acids is 1. The second kappa shape index (κ2) is 11.0. The molecule has 3 amide bonds. The largest absolute Gasteiger partial charge is 0.480 e. The van der Waals surface area contributed by atoms with Gasteiger partial charge in [-0.05, 0) is 33.3 Å². The van der Waals surface area contributed by atoms with E-state index in [9.17, 15) is 42.3 Å². The number of β-lactam (4-membered cyclic amide) rings is 2. The predicted molar refractivity (Wildman–Crippen MR) is 159 cm³/mol. The maximum Gasteiger partial charge on any atom is 0.367 e. The maximum atomic E-state index is 13.9. The first-order valence-electron chi connectivity index (χ1n) is 14.3. The molecule has 0 bridgehead atoms. The topological polar surface area (TPSA) is 243 Å². The van der Waals surface area contributed by atoms with Gasteiger partial charge in [-0.2, -0.15) is 4.48 Å². The van der Waals surface area contributed by atoms with Crippen LogP contribution in [0.1, 0.15) is 45.7 Å². The molecular formula is C28H36N5O11S2+. The van der Waals surface area contributed by atoms with Crippen molar-refractivity contribution in [3.63, 3.8) is 0 Å². The molecule has 1 aromatic carbocycles. The number of hydrogen-bond acceptors (Lipinski definition) is 13. The molecule has 16 nitrogen and oxygen atoms in total. The SMILES string of the molecule is CC1(C)S[C@H]2N(C(=O)[C@@]2(COC(=O)[C@H]2C(C)(C)S(=O)(=O)[C@@H]3CC(=O)[N+]32COC(=O)CN)NC(=O)C(N)c2ccccc2)[C@H]1C(=O)O. The number of rotatable bonds is 10. The average molecular weight is 683 g/mol. The van der Waals surface area contributed by atoms with Crippen LogP contribution < -0.4 is 16.8 Å². The summed E-state index contributed by atoms with van der Waals surface area (Å²) < 4.78 is 33.8. The van der Waals surface area contributed by atoms with E-state index in [-0.39, 0.29) is 0 Å². The molecule has 0 saturated carbocycles. The van der Waals surface area contributed by atoms with Crippen LogP contribution in [0.4, 0.5) is 0 Å². The van der Waals surface area contributed by atoms with Crippen molar-refractivity contribution in [1.82, 2.24) is 10.2 Å². The second-order valence-corrected chi connectivity index (χ2v) is 17.3. The minimum absolute atomic E-state index is 0.412. The highest BCUT2D eigenvalue weighted by Crippen LogP contribution is 2.56. The van der Waals surface area contributed by atoms with Gasteiger partial charge in [-0.3, -0.25) is 14.4 Å². The molecule has 4 aliphatic rings. The van der Waals surface area contributed by atoms with E-state index in [2.05, 4.69) is 5.32 Å². The Hall–Kier alpha value is -3.58. The minimum atomic E-state index is -4.17. The van der Waals surface area contributed by atoms with Gasteiger partial charge in [-0.15, -0.1) is 11.8 Å². The Bertz CT molecular complexity index is 1630. The van der Waals surface area contributed by atoms with Gasteiger partial charge < -0.3 is 36.3 Å². The molecule has 4 heterocycles. The maximum absolute atomic E-state index is 13.9. The standard InChI is InChI=1S/C28H35N5O11S2/c1-26(2)19(22(37)38)32-24(40)28(25(32)45-26,31-21(36)18(30)14-8-6-5-7-9-14)12-43-23(39)20-27(3,4)46(41,42)16-10-15(34)33(16,20)13-44-17(35)11-29/h5-9,16,18-20,25H,10-13,29-30H2,1-4H3,(H-,31,36,37,38)/p+1/t16-,18?,19+,20+,25-,28-,33?/m1/s1. The molecule has 1 aromatic rings. The molecule has 0 aromatic heterocycles. The van der Waals surface area contributed by atoms with E-state index in [1.54, 1.807) is 44.2 Å². The molecule has 46 heavy (non-hydrogen) atoms. The molecule has 0 radical (unpaired) electrons. The number of ether oxygens (including phenoxy) is 2. The molecule has 250 valence electrons. The Kier molecular flexibility index (Phi) is 8.08. The number of thioether (sulfide) groups is 1. The molecule has 18 heteroatoms. The minimum Gasteiger partial charge on any atom is -0.480 e. The van der Waals surface area contributed by atoms with Crippen molar-refractivity contribution in [2.45, 2.75) is 78.0 Å². The van der Waals surface area contributed by atoms with E-state index in [0.717, 1.165) is 16.7 Å². The monoisotopic (exact) mass is 682 g/mol. The lowest BCUT2D eigenvalue weighted by molar-refractivity contribution is -0.918. The van der Waals surface area contributed by atoms with Gasteiger partial charge in [0.15, 0.2) is 5.54 Å². The number of benzene rings is 1. The van der Waals surface area contributed by atoms with Crippen LogP contribution in [-0.4, -0.2) is 116 Å². The summed E-state index contributed by atoms with van der Waals surface area (Å²) in [5.41, 5.74) is 9.94. The first kappa shape index (κ1) is 33.8. The summed E-state index contributed by atoms with van der Waals surface area (Å²) in [5, 5.41) is 10.1. The van der Waals surface area contributed by atoms with E-state index >= 15 is 0 Å². The lowest BCUT2D eigenvalue weighted by atomic mass is 9.84. The molecule has 7 atom stereocenters. The predicted octanol–water partition coefficient (Wildman–Crippen LogP) is -1.66. The van der Waals surface area contributed by atoms with Gasteiger partial charge in [0, 0.05) is 4.75 Å².